The smallest absolute Gasteiger partial charge is 0.339 e. The zero-order valence-electron chi connectivity index (χ0n) is 10.5. The topological polar surface area (TPSA) is 50.1 Å². The van der Waals surface area contributed by atoms with Crippen LogP contribution in [0.2, 0.25) is 0 Å². The fourth-order valence-electron chi connectivity index (χ4n) is 1.96. The maximum atomic E-state index is 11.9. The fraction of sp³-hybridized carbons (Fsp3) is 0.429. The Hall–Kier alpha value is -1.82. The third-order valence-electron chi connectivity index (χ3n) is 2.74. The van der Waals surface area contributed by atoms with E-state index in [1.807, 2.05) is 19.9 Å². The molecular weight excluding hydrogens is 214 g/mol. The normalized spacial score (nSPS) is 9.76. The Morgan fingerprint density at radius 2 is 2.00 bits per heavy atom. The second-order valence-electron chi connectivity index (χ2n) is 3.67. The van der Waals surface area contributed by atoms with Gasteiger partial charge >= 0.3 is 5.97 Å². The quantitative estimate of drug-likeness (QED) is 0.749. The molecule has 0 heterocycles. The summed E-state index contributed by atoms with van der Waals surface area (Å²) >= 11 is 0. The van der Waals surface area contributed by atoms with Gasteiger partial charge in [-0.2, -0.15) is 5.26 Å². The lowest BCUT2D eigenvalue weighted by Crippen LogP contribution is -2.12. The van der Waals surface area contributed by atoms with Crippen molar-refractivity contribution in [1.82, 2.24) is 0 Å². The van der Waals surface area contributed by atoms with Gasteiger partial charge in [-0.3, -0.25) is 0 Å². The van der Waals surface area contributed by atoms with E-state index >= 15 is 0 Å². The van der Waals surface area contributed by atoms with Gasteiger partial charge in [-0.15, -0.1) is 0 Å². The molecule has 0 unspecified atom stereocenters. The average molecular weight is 231 g/mol. The number of ether oxygens (including phenoxy) is 1. The van der Waals surface area contributed by atoms with Crippen molar-refractivity contribution in [1.29, 1.82) is 5.26 Å². The van der Waals surface area contributed by atoms with Crippen LogP contribution in [0.3, 0.4) is 0 Å². The number of aryl methyl sites for hydroxylation is 1. The molecule has 0 N–H and O–H groups in total. The van der Waals surface area contributed by atoms with Gasteiger partial charge in [-0.05, 0) is 37.0 Å². The van der Waals surface area contributed by atoms with Gasteiger partial charge in [0.15, 0.2) is 0 Å². The molecule has 1 aromatic carbocycles. The van der Waals surface area contributed by atoms with Crippen LogP contribution in [0.4, 0.5) is 0 Å². The molecule has 0 saturated heterocycles. The second kappa shape index (κ2) is 6.05. The molecule has 0 aliphatic heterocycles. The number of hydrogen-bond acceptors (Lipinski definition) is 3. The molecule has 0 aromatic heterocycles. The third-order valence-corrected chi connectivity index (χ3v) is 2.74. The Labute approximate surface area is 102 Å². The molecule has 0 radical (unpaired) electrons. The van der Waals surface area contributed by atoms with Crippen molar-refractivity contribution in [3.05, 3.63) is 34.4 Å². The number of esters is 1. The van der Waals surface area contributed by atoms with Crippen LogP contribution in [0.25, 0.3) is 0 Å². The van der Waals surface area contributed by atoms with E-state index in [0.29, 0.717) is 17.7 Å². The van der Waals surface area contributed by atoms with Crippen LogP contribution in [0.1, 0.15) is 47.8 Å². The van der Waals surface area contributed by atoms with E-state index < -0.39 is 5.97 Å². The lowest BCUT2D eigenvalue weighted by Gasteiger charge is -2.13. The van der Waals surface area contributed by atoms with Gasteiger partial charge in [-0.1, -0.05) is 19.9 Å². The molecule has 0 bridgehead atoms. The number of carbonyl (C=O) groups is 1. The molecule has 3 heteroatoms. The standard InChI is InChI=1S/C14H17NO2/c1-4-10-7-8-11(9-15)13(12(10)5-2)14(16)17-6-3/h7-8H,4-6H2,1-3H3. The largest absolute Gasteiger partial charge is 0.462 e. The first-order chi connectivity index (χ1) is 8.19. The molecule has 0 atom stereocenters. The summed E-state index contributed by atoms with van der Waals surface area (Å²) in [6, 6.07) is 5.68. The summed E-state index contributed by atoms with van der Waals surface area (Å²) in [5, 5.41) is 9.06. The van der Waals surface area contributed by atoms with Gasteiger partial charge in [-0.25, -0.2) is 4.79 Å². The first-order valence-electron chi connectivity index (χ1n) is 5.91. The van der Waals surface area contributed by atoms with Gasteiger partial charge < -0.3 is 4.74 Å². The van der Waals surface area contributed by atoms with Gasteiger partial charge in [0.2, 0.25) is 0 Å². The molecule has 3 nitrogen and oxygen atoms in total. The van der Waals surface area contributed by atoms with Crippen LogP contribution in [0.15, 0.2) is 12.1 Å². The Morgan fingerprint density at radius 3 is 2.47 bits per heavy atom. The van der Waals surface area contributed by atoms with Gasteiger partial charge in [0.1, 0.15) is 6.07 Å². The van der Waals surface area contributed by atoms with Crippen molar-refractivity contribution < 1.29 is 9.53 Å². The summed E-state index contributed by atoms with van der Waals surface area (Å²) < 4.78 is 5.02. The SMILES string of the molecule is CCOC(=O)c1c(C#N)ccc(CC)c1CC. The van der Waals surface area contributed by atoms with Gasteiger partial charge in [0, 0.05) is 0 Å². The molecule has 1 rings (SSSR count). The molecule has 17 heavy (non-hydrogen) atoms. The van der Waals surface area contributed by atoms with Crippen molar-refractivity contribution in [3.8, 4) is 6.07 Å². The molecular formula is C14H17NO2. The van der Waals surface area contributed by atoms with Crippen LogP contribution in [0, 0.1) is 11.3 Å². The highest BCUT2D eigenvalue weighted by Crippen LogP contribution is 2.21. The van der Waals surface area contributed by atoms with Gasteiger partial charge in [0.25, 0.3) is 0 Å². The molecule has 0 spiro atoms. The van der Waals surface area contributed by atoms with E-state index in [4.69, 9.17) is 10.00 Å². The number of carbonyl (C=O) groups excluding carboxylic acids is 1. The molecule has 1 aromatic rings. The van der Waals surface area contributed by atoms with Crippen LogP contribution in [-0.4, -0.2) is 12.6 Å². The summed E-state index contributed by atoms with van der Waals surface area (Å²) in [6.45, 7) is 6.11. The Bertz CT molecular complexity index is 458. The molecule has 0 fully saturated rings. The predicted octanol–water partition coefficient (Wildman–Crippen LogP) is 2.86. The minimum Gasteiger partial charge on any atom is -0.462 e. The van der Waals surface area contributed by atoms with E-state index in [2.05, 4.69) is 6.07 Å². The van der Waals surface area contributed by atoms with Crippen molar-refractivity contribution in [3.63, 3.8) is 0 Å². The zero-order valence-corrected chi connectivity index (χ0v) is 10.5. The first-order valence-corrected chi connectivity index (χ1v) is 5.91. The maximum absolute atomic E-state index is 11.9. The summed E-state index contributed by atoms with van der Waals surface area (Å²) in [5.74, 6) is -0.392. The van der Waals surface area contributed by atoms with Crippen LogP contribution in [0.5, 0.6) is 0 Å². The summed E-state index contributed by atoms with van der Waals surface area (Å²) in [6.07, 6.45) is 1.58. The van der Waals surface area contributed by atoms with Crippen molar-refractivity contribution in [2.24, 2.45) is 0 Å². The summed E-state index contributed by atoms with van der Waals surface area (Å²) in [5.41, 5.74) is 2.88. The van der Waals surface area contributed by atoms with Crippen molar-refractivity contribution in [2.75, 3.05) is 6.61 Å². The Kier molecular flexibility index (Phi) is 4.71. The number of nitrogens with zero attached hydrogens (tertiary/aromatic N) is 1. The lowest BCUT2D eigenvalue weighted by atomic mass is 9.93. The Balaban J connectivity index is 3.41. The van der Waals surface area contributed by atoms with E-state index in [1.165, 1.54) is 0 Å². The highest BCUT2D eigenvalue weighted by Gasteiger charge is 2.18. The minimum absolute atomic E-state index is 0.323. The lowest BCUT2D eigenvalue weighted by molar-refractivity contribution is 0.0524. The van der Waals surface area contributed by atoms with Crippen LogP contribution >= 0.6 is 0 Å². The zero-order chi connectivity index (χ0) is 12.8. The van der Waals surface area contributed by atoms with E-state index in [9.17, 15) is 4.79 Å². The van der Waals surface area contributed by atoms with Crippen molar-refractivity contribution >= 4 is 5.97 Å². The first kappa shape index (κ1) is 13.2. The van der Waals surface area contributed by atoms with Crippen LogP contribution < -0.4 is 0 Å². The molecule has 0 saturated carbocycles. The Morgan fingerprint density at radius 1 is 1.29 bits per heavy atom. The number of nitriles is 1. The second-order valence-corrected chi connectivity index (χ2v) is 3.67. The van der Waals surface area contributed by atoms with E-state index in [-0.39, 0.29) is 0 Å². The number of hydrogen-bond donors (Lipinski definition) is 0. The monoisotopic (exact) mass is 231 g/mol. The predicted molar refractivity (Wildman–Crippen MR) is 65.9 cm³/mol. The maximum Gasteiger partial charge on any atom is 0.339 e. The molecule has 90 valence electrons. The van der Waals surface area contributed by atoms with E-state index in [1.54, 1.807) is 13.0 Å². The number of rotatable bonds is 4. The molecule has 0 aliphatic rings. The van der Waals surface area contributed by atoms with Crippen molar-refractivity contribution in [2.45, 2.75) is 33.6 Å². The highest BCUT2D eigenvalue weighted by molar-refractivity contribution is 5.94. The number of benzene rings is 1. The fourth-order valence-corrected chi connectivity index (χ4v) is 1.96. The van der Waals surface area contributed by atoms with Gasteiger partial charge in [0.05, 0.1) is 17.7 Å². The highest BCUT2D eigenvalue weighted by atomic mass is 16.5. The summed E-state index contributed by atoms with van der Waals surface area (Å²) in [7, 11) is 0. The minimum atomic E-state index is -0.392. The summed E-state index contributed by atoms with van der Waals surface area (Å²) in [4.78, 5) is 11.9. The molecule has 0 amide bonds. The average Bonchev–Trinajstić information content (AvgIpc) is 2.36. The molecule has 0 aliphatic carbocycles. The van der Waals surface area contributed by atoms with Crippen LogP contribution in [-0.2, 0) is 17.6 Å². The van der Waals surface area contributed by atoms with E-state index in [0.717, 1.165) is 24.0 Å². The third kappa shape index (κ3) is 2.65.